The maximum atomic E-state index is 13.8. The molecule has 0 unspecified atom stereocenters. The zero-order chi connectivity index (χ0) is 64.0. The van der Waals surface area contributed by atoms with Crippen LogP contribution < -0.4 is 10.6 Å². The van der Waals surface area contributed by atoms with Gasteiger partial charge in [0, 0.05) is 92.7 Å². The highest BCUT2D eigenvalue weighted by Gasteiger charge is 2.51. The molecule has 6 atom stereocenters. The number of allylic oxidation sites excluding steroid dienone is 22. The van der Waals surface area contributed by atoms with Crippen LogP contribution in [0.2, 0.25) is 0 Å². The van der Waals surface area contributed by atoms with Gasteiger partial charge in [-0.05, 0) is 148 Å². The molecule has 0 saturated carbocycles. The van der Waals surface area contributed by atoms with Gasteiger partial charge in [-0.25, -0.2) is 30.0 Å². The maximum absolute atomic E-state index is 13.8. The molecular formula is C72H74N8O10. The number of fused-ring (bicyclic) bond motifs is 10. The van der Waals surface area contributed by atoms with Crippen LogP contribution in [-0.4, -0.2) is 95.8 Å². The van der Waals surface area contributed by atoms with E-state index in [1.54, 1.807) is 12.2 Å². The molecule has 16 bridgehead atoms. The van der Waals surface area contributed by atoms with Crippen LogP contribution in [0.25, 0.3) is 0 Å². The van der Waals surface area contributed by atoms with Crippen molar-refractivity contribution in [3.63, 3.8) is 0 Å². The first-order chi connectivity index (χ1) is 43.2. The van der Waals surface area contributed by atoms with Crippen molar-refractivity contribution in [1.29, 1.82) is 0 Å². The second-order valence-electron chi connectivity index (χ2n) is 24.3. The maximum Gasteiger partial charge on any atom is 0.321 e. The van der Waals surface area contributed by atoms with Gasteiger partial charge in [-0.2, -0.15) is 0 Å². The number of nitrogens with one attached hydrogen (secondary N) is 2. The molecule has 2 aliphatic carbocycles. The van der Waals surface area contributed by atoms with Crippen molar-refractivity contribution >= 4 is 58.1 Å². The minimum Gasteiger partial charge on any atom is -0.510 e. The van der Waals surface area contributed by atoms with Gasteiger partial charge in [0.05, 0.1) is 82.7 Å². The van der Waals surface area contributed by atoms with Crippen LogP contribution >= 0.6 is 0 Å². The average molecular weight is 1210 g/mol. The highest BCUT2D eigenvalue weighted by atomic mass is 16.6. The lowest BCUT2D eigenvalue weighted by molar-refractivity contribution is -0.152. The summed E-state index contributed by atoms with van der Waals surface area (Å²) in [7, 11) is 2.57. The number of carbonyl (C=O) groups excluding carboxylic acids is 4. The third-order valence-electron chi connectivity index (χ3n) is 19.7. The molecule has 462 valence electrons. The number of hydrogen-bond donors (Lipinski definition) is 4. The summed E-state index contributed by atoms with van der Waals surface area (Å²) in [6.45, 7) is 28.0. The molecule has 12 aliphatic rings. The minimum absolute atomic E-state index is 0.0404. The standard InChI is InChI=1S/C72H74N8O10/c1-15-39-31(5)45-25-49-35(9)43(65(77-49)61-63(71(85)87-13)69(83)59-37(11)51(79-67(59)61)29-55-41(17-3)33(7)47(75-55)27-53(39)73-45)19-21-57(81)89-23-24-90-58(82)22-20-44-36(10)50-26-46-32(6)40(16-2)54(74-46)28-48-34(8)42(18-4)56(76-48)30-52-38(12)60-68(80-52)62(66(44)78-50)64(70(60)84)72(86)88-14/h15-16,25-30,35-36,43-44,63-64,77-78,83-84H,1-2,17-24H2,3-14H3/t35-,36-,43-,44-,63+,64+/m0/s1. The first kappa shape index (κ1) is 60.7. The Labute approximate surface area is 523 Å². The molecule has 0 aromatic heterocycles. The molecule has 0 spiro atoms. The van der Waals surface area contributed by atoms with E-state index >= 15 is 0 Å². The van der Waals surface area contributed by atoms with Crippen LogP contribution in [0.3, 0.4) is 0 Å². The van der Waals surface area contributed by atoms with Gasteiger partial charge in [0.2, 0.25) is 0 Å². The van der Waals surface area contributed by atoms with Crippen molar-refractivity contribution in [2.24, 2.45) is 65.5 Å². The molecule has 0 radical (unpaired) electrons. The van der Waals surface area contributed by atoms with Crippen LogP contribution in [0.15, 0.2) is 238 Å². The highest BCUT2D eigenvalue weighted by molar-refractivity contribution is 6.25. The molecule has 10 aliphatic heterocycles. The van der Waals surface area contributed by atoms with Gasteiger partial charge in [-0.15, -0.1) is 0 Å². The molecule has 0 aromatic carbocycles. The number of hydrogen-bond acceptors (Lipinski definition) is 18. The van der Waals surface area contributed by atoms with Crippen molar-refractivity contribution in [2.45, 2.75) is 108 Å². The number of rotatable bonds is 15. The molecule has 2 saturated heterocycles. The van der Waals surface area contributed by atoms with E-state index in [1.165, 1.54) is 14.2 Å². The quantitative estimate of drug-likeness (QED) is 0.0680. The summed E-state index contributed by atoms with van der Waals surface area (Å²) in [5.74, 6) is -6.38. The third kappa shape index (κ3) is 9.76. The molecule has 0 aromatic rings. The van der Waals surface area contributed by atoms with Gasteiger partial charge >= 0.3 is 23.9 Å². The fourth-order valence-corrected chi connectivity index (χ4v) is 14.5. The number of ether oxygens (including phenoxy) is 4. The Morgan fingerprint density at radius 3 is 1.24 bits per heavy atom. The molecule has 10 heterocycles. The topological polar surface area (TPSA) is 244 Å². The molecule has 4 N–H and O–H groups in total. The van der Waals surface area contributed by atoms with Crippen LogP contribution in [0.4, 0.5) is 0 Å². The number of aliphatic hydroxyl groups is 2. The van der Waals surface area contributed by atoms with Crippen LogP contribution in [0, 0.1) is 35.5 Å². The second-order valence-corrected chi connectivity index (χ2v) is 24.3. The zero-order valence-corrected chi connectivity index (χ0v) is 53.0. The predicted octanol–water partition coefficient (Wildman–Crippen LogP) is 12.1. The lowest BCUT2D eigenvalue weighted by Crippen LogP contribution is -2.25. The van der Waals surface area contributed by atoms with Gasteiger partial charge in [0.25, 0.3) is 0 Å². The molecule has 18 heteroatoms. The van der Waals surface area contributed by atoms with Crippen LogP contribution in [-0.2, 0) is 38.1 Å². The Bertz CT molecular complexity index is 3970. The molecule has 90 heavy (non-hydrogen) atoms. The van der Waals surface area contributed by atoms with E-state index in [9.17, 15) is 29.4 Å². The van der Waals surface area contributed by atoms with Crippen LogP contribution in [0.1, 0.15) is 108 Å². The Kier molecular flexibility index (Phi) is 15.8. The van der Waals surface area contributed by atoms with Crippen molar-refractivity contribution in [2.75, 3.05) is 27.4 Å². The fourth-order valence-electron chi connectivity index (χ4n) is 14.5. The first-order valence-corrected chi connectivity index (χ1v) is 30.9. The normalized spacial score (nSPS) is 25.5. The Hall–Kier alpha value is -9.58. The van der Waals surface area contributed by atoms with Gasteiger partial charge in [0.1, 0.15) is 36.6 Å². The largest absolute Gasteiger partial charge is 0.510 e. The Balaban J connectivity index is 0.786. The van der Waals surface area contributed by atoms with Gasteiger partial charge < -0.3 is 39.8 Å². The van der Waals surface area contributed by atoms with E-state index in [0.717, 1.165) is 103 Å². The highest BCUT2D eigenvalue weighted by Crippen LogP contribution is 2.52. The summed E-state index contributed by atoms with van der Waals surface area (Å²) in [5, 5.41) is 31.4. The summed E-state index contributed by atoms with van der Waals surface area (Å²) in [6, 6.07) is 0. The SMILES string of the molecule is C=CC1=C(C)C2=NC1=CC1=NC(=CC3=C(C)C4=C(O)[C@H](C(=O)OC)C(=C5NC(=C2)[C@@H](C)[C@@H]5CCC(=O)OCCOC(=O)CC[C@@H]2C5=C6C7=NC(=C(C)C7=C(O)[C@@H]6C(=O)OC)C=C6N=C(C=C7N=C(C=C(N5)[C@H]2C)C(C)=C7C=C)C(C)=C6CC)C4=N3)C(CC)=C1C. The number of methoxy groups -OCH3 is 2. The second kappa shape index (κ2) is 23.4. The van der Waals surface area contributed by atoms with Crippen molar-refractivity contribution < 1.29 is 48.3 Å². The Morgan fingerprint density at radius 2 is 0.889 bits per heavy atom. The summed E-state index contributed by atoms with van der Waals surface area (Å²) in [6.07, 6.45) is 17.3. The first-order valence-electron chi connectivity index (χ1n) is 30.9. The smallest absolute Gasteiger partial charge is 0.321 e. The van der Waals surface area contributed by atoms with E-state index in [2.05, 4.69) is 51.5 Å². The molecule has 0 amide bonds. The monoisotopic (exact) mass is 1210 g/mol. The third-order valence-corrected chi connectivity index (χ3v) is 19.7. The van der Waals surface area contributed by atoms with Crippen molar-refractivity contribution in [3.05, 3.63) is 208 Å². The molecule has 12 rings (SSSR count). The number of carbonyl (C=O) groups is 4. The van der Waals surface area contributed by atoms with E-state index in [4.69, 9.17) is 48.9 Å². The lowest BCUT2D eigenvalue weighted by Gasteiger charge is -2.20. The molecular weight excluding hydrogens is 1140 g/mol. The molecule has 18 nitrogen and oxygen atoms in total. The van der Waals surface area contributed by atoms with Crippen molar-refractivity contribution in [1.82, 2.24) is 10.6 Å². The van der Waals surface area contributed by atoms with Gasteiger partial charge in [0.15, 0.2) is 0 Å². The van der Waals surface area contributed by atoms with E-state index in [0.29, 0.717) is 79.1 Å². The van der Waals surface area contributed by atoms with E-state index in [-0.39, 0.29) is 62.3 Å². The number of nitrogens with zero attached hydrogens (tertiary/aromatic N) is 6. The Morgan fingerprint density at radius 1 is 0.522 bits per heavy atom. The fraction of sp³-hybridized carbons (Fsp3) is 0.361. The van der Waals surface area contributed by atoms with E-state index < -0.39 is 47.5 Å². The molecule has 2 fully saturated rings. The summed E-state index contributed by atoms with van der Waals surface area (Å²) < 4.78 is 22.2. The summed E-state index contributed by atoms with van der Waals surface area (Å²) in [5.41, 5.74) is 21.9. The van der Waals surface area contributed by atoms with Crippen LogP contribution in [0.5, 0.6) is 0 Å². The average Bonchev–Trinajstić information content (AvgIpc) is 1.58. The summed E-state index contributed by atoms with van der Waals surface area (Å²) >= 11 is 0. The van der Waals surface area contributed by atoms with Gasteiger partial charge in [-0.3, -0.25) is 19.2 Å². The summed E-state index contributed by atoms with van der Waals surface area (Å²) in [4.78, 5) is 86.1. The zero-order valence-electron chi connectivity index (χ0n) is 53.0. The van der Waals surface area contributed by atoms with Crippen molar-refractivity contribution in [3.8, 4) is 0 Å². The predicted molar refractivity (Wildman–Crippen MR) is 347 cm³/mol. The lowest BCUT2D eigenvalue weighted by atomic mass is 9.84. The van der Waals surface area contributed by atoms with E-state index in [1.807, 2.05) is 78.0 Å². The van der Waals surface area contributed by atoms with Gasteiger partial charge in [-0.1, -0.05) is 53.0 Å². The number of esters is 4. The number of aliphatic imine (C=N–C) groups is 6. The minimum atomic E-state index is -1.19. The number of aliphatic hydroxyl groups excluding tert-OH is 2.